The van der Waals surface area contributed by atoms with Crippen LogP contribution in [0.2, 0.25) is 0 Å². The molecule has 0 bridgehead atoms. The largest absolute Gasteiger partial charge is 0.475 e. The van der Waals surface area contributed by atoms with E-state index < -0.39 is 0 Å². The first-order chi connectivity index (χ1) is 7.67. The summed E-state index contributed by atoms with van der Waals surface area (Å²) >= 11 is 0. The fourth-order valence-electron chi connectivity index (χ4n) is 1.30. The van der Waals surface area contributed by atoms with Gasteiger partial charge in [0.1, 0.15) is 6.61 Å². The molecule has 90 valence electrons. The molecule has 0 saturated heterocycles. The molecule has 0 aromatic carbocycles. The summed E-state index contributed by atoms with van der Waals surface area (Å²) in [7, 11) is 1.65. The second-order valence-corrected chi connectivity index (χ2v) is 3.94. The smallest absolute Gasteiger partial charge is 0.213 e. The Kier molecular flexibility index (Phi) is 5.22. The normalized spacial score (nSPS) is 10.8. The van der Waals surface area contributed by atoms with E-state index in [1.54, 1.807) is 7.11 Å². The van der Waals surface area contributed by atoms with Crippen LogP contribution in [0.3, 0.4) is 0 Å². The first-order valence-electron chi connectivity index (χ1n) is 5.50. The molecule has 4 heteroatoms. The van der Waals surface area contributed by atoms with E-state index >= 15 is 0 Å². The molecule has 0 aliphatic carbocycles. The number of methoxy groups -OCH3 is 1. The average molecular weight is 224 g/mol. The standard InChI is InChI=1S/C12H20N2O2/c1-9(2)11-6-10(8-13)7-12(14-11)16-5-4-15-3/h6-7,9H,4-5,8,13H2,1-3H3. The predicted molar refractivity (Wildman–Crippen MR) is 63.6 cm³/mol. The number of pyridine rings is 1. The van der Waals surface area contributed by atoms with Crippen LogP contribution >= 0.6 is 0 Å². The maximum Gasteiger partial charge on any atom is 0.213 e. The molecule has 0 atom stereocenters. The van der Waals surface area contributed by atoms with Gasteiger partial charge in [-0.3, -0.25) is 0 Å². The zero-order chi connectivity index (χ0) is 12.0. The van der Waals surface area contributed by atoms with Gasteiger partial charge in [-0.2, -0.15) is 0 Å². The second-order valence-electron chi connectivity index (χ2n) is 3.94. The van der Waals surface area contributed by atoms with Crippen molar-refractivity contribution >= 4 is 0 Å². The third-order valence-corrected chi connectivity index (χ3v) is 2.25. The lowest BCUT2D eigenvalue weighted by Crippen LogP contribution is -2.08. The topological polar surface area (TPSA) is 57.4 Å². The highest BCUT2D eigenvalue weighted by atomic mass is 16.5. The number of nitrogens with two attached hydrogens (primary N) is 1. The lowest BCUT2D eigenvalue weighted by Gasteiger charge is -2.11. The highest BCUT2D eigenvalue weighted by Gasteiger charge is 2.06. The van der Waals surface area contributed by atoms with Gasteiger partial charge in [-0.05, 0) is 17.5 Å². The van der Waals surface area contributed by atoms with E-state index in [1.807, 2.05) is 12.1 Å². The minimum atomic E-state index is 0.372. The van der Waals surface area contributed by atoms with Crippen molar-refractivity contribution in [3.05, 3.63) is 23.4 Å². The summed E-state index contributed by atoms with van der Waals surface area (Å²) in [4.78, 5) is 4.42. The van der Waals surface area contributed by atoms with E-state index in [-0.39, 0.29) is 0 Å². The van der Waals surface area contributed by atoms with Crippen molar-refractivity contribution in [3.63, 3.8) is 0 Å². The zero-order valence-corrected chi connectivity index (χ0v) is 10.2. The summed E-state index contributed by atoms with van der Waals surface area (Å²) in [5, 5.41) is 0. The molecule has 0 amide bonds. The first kappa shape index (κ1) is 12.9. The summed E-state index contributed by atoms with van der Waals surface area (Å²) in [5.41, 5.74) is 7.69. The Morgan fingerprint density at radius 3 is 2.62 bits per heavy atom. The molecule has 0 aliphatic heterocycles. The van der Waals surface area contributed by atoms with Crippen LogP contribution in [0.15, 0.2) is 12.1 Å². The highest BCUT2D eigenvalue weighted by Crippen LogP contribution is 2.18. The predicted octanol–water partition coefficient (Wildman–Crippen LogP) is 1.69. The van der Waals surface area contributed by atoms with E-state index in [0.717, 1.165) is 11.3 Å². The van der Waals surface area contributed by atoms with Gasteiger partial charge in [0.25, 0.3) is 0 Å². The van der Waals surface area contributed by atoms with E-state index in [9.17, 15) is 0 Å². The van der Waals surface area contributed by atoms with Crippen LogP contribution in [0.1, 0.15) is 31.0 Å². The number of aromatic nitrogens is 1. The Balaban J connectivity index is 2.78. The molecule has 1 aromatic rings. The maximum absolute atomic E-state index is 5.63. The Hall–Kier alpha value is -1.13. The van der Waals surface area contributed by atoms with Crippen molar-refractivity contribution in [3.8, 4) is 5.88 Å². The molecule has 0 saturated carbocycles. The summed E-state index contributed by atoms with van der Waals surface area (Å²) < 4.78 is 10.4. The molecule has 0 radical (unpaired) electrons. The van der Waals surface area contributed by atoms with E-state index in [0.29, 0.717) is 31.6 Å². The van der Waals surface area contributed by atoms with Gasteiger partial charge in [0.05, 0.1) is 6.61 Å². The van der Waals surface area contributed by atoms with Crippen molar-refractivity contribution in [2.45, 2.75) is 26.3 Å². The van der Waals surface area contributed by atoms with Gasteiger partial charge in [0.15, 0.2) is 0 Å². The number of hydrogen-bond acceptors (Lipinski definition) is 4. The molecule has 1 heterocycles. The van der Waals surface area contributed by atoms with E-state index in [4.69, 9.17) is 15.2 Å². The Morgan fingerprint density at radius 1 is 1.31 bits per heavy atom. The number of rotatable bonds is 6. The Bertz CT molecular complexity index is 327. The molecule has 1 aromatic heterocycles. The third kappa shape index (κ3) is 3.79. The molecule has 2 N–H and O–H groups in total. The van der Waals surface area contributed by atoms with Crippen molar-refractivity contribution in [2.24, 2.45) is 5.73 Å². The molecule has 0 unspecified atom stereocenters. The SMILES string of the molecule is COCCOc1cc(CN)cc(C(C)C)n1. The second kappa shape index (κ2) is 6.45. The minimum Gasteiger partial charge on any atom is -0.475 e. The van der Waals surface area contributed by atoms with Crippen LogP contribution in [-0.2, 0) is 11.3 Å². The Morgan fingerprint density at radius 2 is 2.06 bits per heavy atom. The van der Waals surface area contributed by atoms with Crippen LogP contribution in [-0.4, -0.2) is 25.3 Å². The first-order valence-corrected chi connectivity index (χ1v) is 5.50. The van der Waals surface area contributed by atoms with Gasteiger partial charge in [-0.15, -0.1) is 0 Å². The van der Waals surface area contributed by atoms with Gasteiger partial charge in [-0.1, -0.05) is 13.8 Å². The van der Waals surface area contributed by atoms with Crippen LogP contribution in [0, 0.1) is 0 Å². The van der Waals surface area contributed by atoms with Crippen LogP contribution in [0.5, 0.6) is 5.88 Å². The van der Waals surface area contributed by atoms with Gasteiger partial charge in [0, 0.05) is 25.4 Å². The van der Waals surface area contributed by atoms with Gasteiger partial charge in [-0.25, -0.2) is 4.98 Å². The maximum atomic E-state index is 5.63. The summed E-state index contributed by atoms with van der Waals surface area (Å²) in [5.74, 6) is 1.000. The highest BCUT2D eigenvalue weighted by molar-refractivity contribution is 5.26. The Labute approximate surface area is 96.8 Å². The molecule has 16 heavy (non-hydrogen) atoms. The van der Waals surface area contributed by atoms with E-state index in [2.05, 4.69) is 18.8 Å². The average Bonchev–Trinajstić information content (AvgIpc) is 2.29. The van der Waals surface area contributed by atoms with Gasteiger partial charge < -0.3 is 15.2 Å². The molecular formula is C12H20N2O2. The number of nitrogens with zero attached hydrogens (tertiary/aromatic N) is 1. The molecular weight excluding hydrogens is 204 g/mol. The molecule has 0 fully saturated rings. The lowest BCUT2D eigenvalue weighted by atomic mass is 10.1. The minimum absolute atomic E-state index is 0.372. The summed E-state index contributed by atoms with van der Waals surface area (Å²) in [6.07, 6.45) is 0. The zero-order valence-electron chi connectivity index (χ0n) is 10.2. The fourth-order valence-corrected chi connectivity index (χ4v) is 1.30. The third-order valence-electron chi connectivity index (χ3n) is 2.25. The molecule has 0 spiro atoms. The van der Waals surface area contributed by atoms with Crippen molar-refractivity contribution in [2.75, 3.05) is 20.3 Å². The monoisotopic (exact) mass is 224 g/mol. The van der Waals surface area contributed by atoms with Crippen LogP contribution in [0.4, 0.5) is 0 Å². The van der Waals surface area contributed by atoms with Gasteiger partial charge in [0.2, 0.25) is 5.88 Å². The molecule has 1 rings (SSSR count). The lowest BCUT2D eigenvalue weighted by molar-refractivity contribution is 0.143. The quantitative estimate of drug-likeness (QED) is 0.747. The van der Waals surface area contributed by atoms with Crippen molar-refractivity contribution < 1.29 is 9.47 Å². The summed E-state index contributed by atoms with van der Waals surface area (Å²) in [6.45, 7) is 5.77. The summed E-state index contributed by atoms with van der Waals surface area (Å²) in [6, 6.07) is 3.90. The fraction of sp³-hybridized carbons (Fsp3) is 0.583. The molecule has 4 nitrogen and oxygen atoms in total. The van der Waals surface area contributed by atoms with E-state index in [1.165, 1.54) is 0 Å². The van der Waals surface area contributed by atoms with Crippen LogP contribution < -0.4 is 10.5 Å². The van der Waals surface area contributed by atoms with Gasteiger partial charge >= 0.3 is 0 Å². The molecule has 0 aliphatic rings. The van der Waals surface area contributed by atoms with Crippen molar-refractivity contribution in [1.29, 1.82) is 0 Å². The number of hydrogen-bond donors (Lipinski definition) is 1. The number of ether oxygens (including phenoxy) is 2. The van der Waals surface area contributed by atoms with Crippen molar-refractivity contribution in [1.82, 2.24) is 4.98 Å². The van der Waals surface area contributed by atoms with Crippen LogP contribution in [0.25, 0.3) is 0 Å².